The van der Waals surface area contributed by atoms with Gasteiger partial charge in [0.05, 0.1) is 0 Å². The summed E-state index contributed by atoms with van der Waals surface area (Å²) < 4.78 is 11.2. The molecule has 126 valence electrons. The standard InChI is InChI=1S/C7H14O.3C4H9.Sn/c1-5-6(8)7(2,3)4;3*1-3-4-2;/h5,8H,1-4H3;3*1,3-4H2,2H3;/q;;;;+1/p-1/b6-5-;;;;. The predicted molar refractivity (Wildman–Crippen MR) is 99.2 cm³/mol. The summed E-state index contributed by atoms with van der Waals surface area (Å²) in [6.07, 6.45) is 10.2. The van der Waals surface area contributed by atoms with Gasteiger partial charge in [0.1, 0.15) is 0 Å². The molecule has 0 bridgehead atoms. The van der Waals surface area contributed by atoms with Gasteiger partial charge >= 0.3 is 139 Å². The normalized spacial score (nSPS) is 13.6. The Bertz CT molecular complexity index is 267. The fourth-order valence-electron chi connectivity index (χ4n) is 2.90. The molecule has 21 heavy (non-hydrogen) atoms. The summed E-state index contributed by atoms with van der Waals surface area (Å²) in [5, 5.41) is 0. The molecule has 0 aromatic heterocycles. The van der Waals surface area contributed by atoms with E-state index >= 15 is 0 Å². The summed E-state index contributed by atoms with van der Waals surface area (Å²) in [6, 6.07) is 0. The Hall–Kier alpha value is 0.339. The first-order valence-electron chi connectivity index (χ1n) is 9.21. The van der Waals surface area contributed by atoms with Gasteiger partial charge in [-0.05, 0) is 0 Å². The van der Waals surface area contributed by atoms with Gasteiger partial charge in [-0.25, -0.2) is 0 Å². The molecule has 0 aromatic rings. The molecule has 0 aliphatic rings. The van der Waals surface area contributed by atoms with Crippen molar-refractivity contribution in [2.45, 2.75) is 100 Å². The number of hydrogen-bond acceptors (Lipinski definition) is 1. The molecule has 0 radical (unpaired) electrons. The molecule has 0 aromatic carbocycles. The molecule has 0 saturated carbocycles. The van der Waals surface area contributed by atoms with Crippen molar-refractivity contribution in [2.75, 3.05) is 0 Å². The Morgan fingerprint density at radius 3 is 1.48 bits per heavy atom. The Kier molecular flexibility index (Phi) is 11.1. The van der Waals surface area contributed by atoms with E-state index in [4.69, 9.17) is 3.07 Å². The van der Waals surface area contributed by atoms with Crippen LogP contribution in [-0.4, -0.2) is 18.8 Å². The Morgan fingerprint density at radius 2 is 1.24 bits per heavy atom. The molecule has 0 aliphatic heterocycles. The van der Waals surface area contributed by atoms with Crippen molar-refractivity contribution in [3.63, 3.8) is 0 Å². The van der Waals surface area contributed by atoms with Crippen molar-refractivity contribution >= 4 is 18.8 Å². The molecule has 0 fully saturated rings. The van der Waals surface area contributed by atoms with E-state index in [1.54, 1.807) is 0 Å². The third-order valence-corrected chi connectivity index (χ3v) is 17.0. The van der Waals surface area contributed by atoms with Gasteiger partial charge in [-0.1, -0.05) is 0 Å². The second kappa shape index (κ2) is 11.0. The number of unbranched alkanes of at least 4 members (excludes halogenated alkanes) is 3. The summed E-state index contributed by atoms with van der Waals surface area (Å²) >= 11 is -2.48. The van der Waals surface area contributed by atoms with Crippen molar-refractivity contribution in [1.82, 2.24) is 0 Å². The zero-order valence-electron chi connectivity index (χ0n) is 15.8. The van der Waals surface area contributed by atoms with Crippen molar-refractivity contribution < 1.29 is 3.07 Å². The first kappa shape index (κ1) is 21.3. The molecule has 0 amide bonds. The minimum atomic E-state index is -2.48. The maximum atomic E-state index is 6.93. The van der Waals surface area contributed by atoms with Crippen LogP contribution in [0.15, 0.2) is 11.8 Å². The molecule has 0 atom stereocenters. The molecule has 2 heteroatoms. The van der Waals surface area contributed by atoms with E-state index in [1.165, 1.54) is 57.6 Å². The van der Waals surface area contributed by atoms with Crippen LogP contribution in [-0.2, 0) is 3.07 Å². The molecule has 0 saturated heterocycles. The van der Waals surface area contributed by atoms with Gasteiger partial charge < -0.3 is 0 Å². The van der Waals surface area contributed by atoms with Gasteiger partial charge in [-0.15, -0.1) is 0 Å². The first-order valence-corrected chi connectivity index (χ1v) is 16.4. The van der Waals surface area contributed by atoms with Crippen molar-refractivity contribution in [3.8, 4) is 0 Å². The average molecular weight is 403 g/mol. The van der Waals surface area contributed by atoms with Crippen molar-refractivity contribution in [3.05, 3.63) is 11.8 Å². The van der Waals surface area contributed by atoms with E-state index in [1.807, 2.05) is 0 Å². The Balaban J connectivity index is 5.19. The fraction of sp³-hybridized carbons (Fsp3) is 0.895. The van der Waals surface area contributed by atoms with Crippen LogP contribution in [0, 0.1) is 5.41 Å². The van der Waals surface area contributed by atoms with Gasteiger partial charge in [-0.3, -0.25) is 0 Å². The van der Waals surface area contributed by atoms with Crippen molar-refractivity contribution in [2.24, 2.45) is 5.41 Å². The summed E-state index contributed by atoms with van der Waals surface area (Å²) in [6.45, 7) is 16.0. The molecule has 1 nitrogen and oxygen atoms in total. The van der Waals surface area contributed by atoms with E-state index in [0.29, 0.717) is 0 Å². The van der Waals surface area contributed by atoms with Crippen LogP contribution in [0.4, 0.5) is 0 Å². The monoisotopic (exact) mass is 404 g/mol. The van der Waals surface area contributed by atoms with Gasteiger partial charge in [0.25, 0.3) is 0 Å². The van der Waals surface area contributed by atoms with Crippen LogP contribution in [0.5, 0.6) is 0 Å². The van der Waals surface area contributed by atoms with Crippen LogP contribution < -0.4 is 0 Å². The van der Waals surface area contributed by atoms with Gasteiger partial charge in [0, 0.05) is 0 Å². The topological polar surface area (TPSA) is 9.23 Å². The average Bonchev–Trinajstić information content (AvgIpc) is 2.44. The van der Waals surface area contributed by atoms with E-state index in [0.717, 1.165) is 0 Å². The summed E-state index contributed by atoms with van der Waals surface area (Å²) in [4.78, 5) is 0. The molecular formula is C19H40OSn. The van der Waals surface area contributed by atoms with Crippen LogP contribution in [0.1, 0.15) is 87.0 Å². The van der Waals surface area contributed by atoms with Crippen LogP contribution in [0.25, 0.3) is 0 Å². The quantitative estimate of drug-likeness (QED) is 0.260. The molecule has 0 heterocycles. The van der Waals surface area contributed by atoms with Gasteiger partial charge in [0.15, 0.2) is 0 Å². The molecule has 0 aliphatic carbocycles. The molecule has 0 unspecified atom stereocenters. The molecular weight excluding hydrogens is 363 g/mol. The van der Waals surface area contributed by atoms with E-state index < -0.39 is 18.8 Å². The summed E-state index contributed by atoms with van der Waals surface area (Å²) in [5.74, 6) is 1.27. The minimum absolute atomic E-state index is 0.154. The zero-order valence-corrected chi connectivity index (χ0v) is 18.7. The number of rotatable bonds is 11. The van der Waals surface area contributed by atoms with Crippen LogP contribution in [0.2, 0.25) is 13.3 Å². The second-order valence-electron chi connectivity index (χ2n) is 7.50. The Labute approximate surface area is 139 Å². The van der Waals surface area contributed by atoms with Crippen LogP contribution >= 0.6 is 0 Å². The number of hydrogen-bond donors (Lipinski definition) is 0. The first-order chi connectivity index (χ1) is 9.85. The summed E-state index contributed by atoms with van der Waals surface area (Å²) in [7, 11) is 0. The predicted octanol–water partition coefficient (Wildman–Crippen LogP) is 7.30. The molecule has 0 N–H and O–H groups in total. The third kappa shape index (κ3) is 8.52. The summed E-state index contributed by atoms with van der Waals surface area (Å²) in [5.41, 5.74) is 0.154. The Morgan fingerprint density at radius 1 is 0.857 bits per heavy atom. The third-order valence-electron chi connectivity index (χ3n) is 4.29. The zero-order chi connectivity index (χ0) is 16.4. The van der Waals surface area contributed by atoms with Gasteiger partial charge in [-0.2, -0.15) is 0 Å². The van der Waals surface area contributed by atoms with Crippen molar-refractivity contribution in [1.29, 1.82) is 0 Å². The number of allylic oxidation sites excluding steroid dienone is 2. The molecule has 0 rings (SSSR count). The van der Waals surface area contributed by atoms with E-state index in [9.17, 15) is 0 Å². The molecule has 0 spiro atoms. The SMILES string of the molecule is C/C=C(\[O][Sn]([CH2]CCC)([CH2]CCC)[CH2]CCC)C(C)(C)C. The maximum absolute atomic E-state index is 6.93. The van der Waals surface area contributed by atoms with Crippen LogP contribution in [0.3, 0.4) is 0 Å². The van der Waals surface area contributed by atoms with E-state index in [-0.39, 0.29) is 5.41 Å². The fourth-order valence-corrected chi connectivity index (χ4v) is 17.0. The van der Waals surface area contributed by atoms with E-state index in [2.05, 4.69) is 54.5 Å². The van der Waals surface area contributed by atoms with Gasteiger partial charge in [0.2, 0.25) is 0 Å². The second-order valence-corrected chi connectivity index (χ2v) is 19.1.